The summed E-state index contributed by atoms with van der Waals surface area (Å²) in [5.41, 5.74) is 0. The van der Waals surface area contributed by atoms with Gasteiger partial charge in [0.05, 0.1) is 6.04 Å². The summed E-state index contributed by atoms with van der Waals surface area (Å²) in [6.45, 7) is 6.33. The molecule has 1 aliphatic carbocycles. The van der Waals surface area contributed by atoms with Crippen molar-refractivity contribution in [1.82, 2.24) is 10.2 Å². The largest absolute Gasteiger partial charge is 0.341 e. The molecule has 2 aliphatic rings. The van der Waals surface area contributed by atoms with E-state index in [0.29, 0.717) is 17.9 Å². The third-order valence-electron chi connectivity index (χ3n) is 3.77. The lowest BCUT2D eigenvalue weighted by molar-refractivity contribution is -0.136. The van der Waals surface area contributed by atoms with Gasteiger partial charge in [0, 0.05) is 19.1 Å². The lowest BCUT2D eigenvalue weighted by atomic mass is 10.0. The van der Waals surface area contributed by atoms with E-state index in [0.717, 1.165) is 32.4 Å². The minimum atomic E-state index is 0.116. The van der Waals surface area contributed by atoms with Crippen LogP contribution >= 0.6 is 0 Å². The number of nitrogens with zero attached hydrogens (tertiary/aromatic N) is 1. The molecule has 1 heterocycles. The molecule has 0 aromatic rings. The quantitative estimate of drug-likeness (QED) is 0.772. The maximum Gasteiger partial charge on any atom is 0.239 e. The molecule has 0 aromatic carbocycles. The molecule has 3 heteroatoms. The number of likely N-dealkylation sites (tertiary alicyclic amines) is 1. The molecule has 3 nitrogen and oxygen atoms in total. The van der Waals surface area contributed by atoms with Gasteiger partial charge in [-0.1, -0.05) is 20.3 Å². The molecule has 1 saturated heterocycles. The first-order valence-corrected chi connectivity index (χ1v) is 6.75. The molecule has 0 aromatic heterocycles. The van der Waals surface area contributed by atoms with E-state index in [2.05, 4.69) is 24.1 Å². The zero-order valence-electron chi connectivity index (χ0n) is 10.5. The molecule has 1 aliphatic heterocycles. The van der Waals surface area contributed by atoms with Gasteiger partial charge in [-0.2, -0.15) is 0 Å². The summed E-state index contributed by atoms with van der Waals surface area (Å²) in [7, 11) is 0. The molecule has 0 spiro atoms. The maximum absolute atomic E-state index is 12.2. The Hall–Kier alpha value is -0.570. The van der Waals surface area contributed by atoms with Crippen LogP contribution in [-0.2, 0) is 4.79 Å². The van der Waals surface area contributed by atoms with Crippen LogP contribution in [0.3, 0.4) is 0 Å². The highest BCUT2D eigenvalue weighted by molar-refractivity contribution is 5.82. The standard InChI is InChI=1S/C13H24N2O/c1-3-10(2)9-15-8-4-5-12(13(15)16)14-11-6-7-11/h10-12,14H,3-9H2,1-2H3. The van der Waals surface area contributed by atoms with Crippen molar-refractivity contribution in [1.29, 1.82) is 0 Å². The predicted molar refractivity (Wildman–Crippen MR) is 65.2 cm³/mol. The van der Waals surface area contributed by atoms with Gasteiger partial charge in [0.25, 0.3) is 0 Å². The number of rotatable bonds is 5. The van der Waals surface area contributed by atoms with Crippen LogP contribution in [-0.4, -0.2) is 36.0 Å². The highest BCUT2D eigenvalue weighted by Crippen LogP contribution is 2.23. The molecule has 0 bridgehead atoms. The van der Waals surface area contributed by atoms with Crippen molar-refractivity contribution in [3.63, 3.8) is 0 Å². The molecule has 2 atom stereocenters. The van der Waals surface area contributed by atoms with Gasteiger partial charge in [0.1, 0.15) is 0 Å². The summed E-state index contributed by atoms with van der Waals surface area (Å²) in [5.74, 6) is 0.974. The fourth-order valence-electron chi connectivity index (χ4n) is 2.32. The first kappa shape index (κ1) is 11.9. The van der Waals surface area contributed by atoms with Crippen molar-refractivity contribution in [3.8, 4) is 0 Å². The lowest BCUT2D eigenvalue weighted by Gasteiger charge is -2.34. The summed E-state index contributed by atoms with van der Waals surface area (Å²) < 4.78 is 0. The first-order chi connectivity index (χ1) is 7.70. The van der Waals surface area contributed by atoms with Gasteiger partial charge >= 0.3 is 0 Å². The number of hydrogen-bond donors (Lipinski definition) is 1. The Bertz CT molecular complexity index is 250. The summed E-state index contributed by atoms with van der Waals surface area (Å²) in [4.78, 5) is 14.3. The van der Waals surface area contributed by atoms with Gasteiger partial charge in [0.2, 0.25) is 5.91 Å². The SMILES string of the molecule is CCC(C)CN1CCCC(NC2CC2)C1=O. The van der Waals surface area contributed by atoms with E-state index in [-0.39, 0.29) is 6.04 Å². The van der Waals surface area contributed by atoms with E-state index in [4.69, 9.17) is 0 Å². The van der Waals surface area contributed by atoms with Crippen LogP contribution < -0.4 is 5.32 Å². The molecule has 0 radical (unpaired) electrons. The summed E-state index contributed by atoms with van der Waals surface area (Å²) in [6.07, 6.45) is 5.87. The average Bonchev–Trinajstić information content (AvgIpc) is 3.07. The molecule has 1 amide bonds. The highest BCUT2D eigenvalue weighted by Gasteiger charge is 2.33. The number of piperidine rings is 1. The second-order valence-corrected chi connectivity index (χ2v) is 5.43. The predicted octanol–water partition coefficient (Wildman–Crippen LogP) is 1.78. The lowest BCUT2D eigenvalue weighted by Crippen LogP contribution is -2.52. The van der Waals surface area contributed by atoms with Crippen molar-refractivity contribution >= 4 is 5.91 Å². The number of nitrogens with one attached hydrogen (secondary N) is 1. The average molecular weight is 224 g/mol. The zero-order chi connectivity index (χ0) is 11.5. The van der Waals surface area contributed by atoms with Crippen LogP contribution in [0.5, 0.6) is 0 Å². The Morgan fingerprint density at radius 3 is 2.81 bits per heavy atom. The van der Waals surface area contributed by atoms with Crippen LogP contribution in [0.2, 0.25) is 0 Å². The number of hydrogen-bond acceptors (Lipinski definition) is 2. The molecular weight excluding hydrogens is 200 g/mol. The summed E-state index contributed by atoms with van der Waals surface area (Å²) >= 11 is 0. The third kappa shape index (κ3) is 2.97. The van der Waals surface area contributed by atoms with Crippen molar-refractivity contribution in [2.75, 3.05) is 13.1 Å². The topological polar surface area (TPSA) is 32.3 Å². The maximum atomic E-state index is 12.2. The van der Waals surface area contributed by atoms with E-state index in [1.807, 2.05) is 0 Å². The van der Waals surface area contributed by atoms with E-state index >= 15 is 0 Å². The van der Waals surface area contributed by atoms with Crippen LogP contribution in [0, 0.1) is 5.92 Å². The highest BCUT2D eigenvalue weighted by atomic mass is 16.2. The van der Waals surface area contributed by atoms with Gasteiger partial charge in [0.15, 0.2) is 0 Å². The minimum absolute atomic E-state index is 0.116. The third-order valence-corrected chi connectivity index (χ3v) is 3.77. The molecule has 1 saturated carbocycles. The zero-order valence-corrected chi connectivity index (χ0v) is 10.5. The normalized spacial score (nSPS) is 28.2. The van der Waals surface area contributed by atoms with Crippen molar-refractivity contribution < 1.29 is 4.79 Å². The van der Waals surface area contributed by atoms with Crippen LogP contribution in [0.15, 0.2) is 0 Å². The molecule has 1 N–H and O–H groups in total. The second kappa shape index (κ2) is 5.17. The van der Waals surface area contributed by atoms with Gasteiger partial charge < -0.3 is 10.2 Å². The molecule has 2 unspecified atom stereocenters. The second-order valence-electron chi connectivity index (χ2n) is 5.43. The van der Waals surface area contributed by atoms with E-state index in [1.54, 1.807) is 0 Å². The Labute approximate surface area is 98.6 Å². The Balaban J connectivity index is 1.85. The fraction of sp³-hybridized carbons (Fsp3) is 0.923. The molecular formula is C13H24N2O. The van der Waals surface area contributed by atoms with Crippen LogP contribution in [0.1, 0.15) is 46.0 Å². The van der Waals surface area contributed by atoms with Crippen LogP contribution in [0.4, 0.5) is 0 Å². The smallest absolute Gasteiger partial charge is 0.239 e. The van der Waals surface area contributed by atoms with E-state index < -0.39 is 0 Å². The summed E-state index contributed by atoms with van der Waals surface area (Å²) in [6, 6.07) is 0.753. The van der Waals surface area contributed by atoms with Crippen molar-refractivity contribution in [2.45, 2.75) is 58.0 Å². The molecule has 2 fully saturated rings. The monoisotopic (exact) mass is 224 g/mol. The van der Waals surface area contributed by atoms with Gasteiger partial charge in [-0.3, -0.25) is 4.79 Å². The van der Waals surface area contributed by atoms with Crippen molar-refractivity contribution in [2.24, 2.45) is 5.92 Å². The van der Waals surface area contributed by atoms with E-state index in [1.165, 1.54) is 12.8 Å². The van der Waals surface area contributed by atoms with Gasteiger partial charge in [-0.25, -0.2) is 0 Å². The fourth-order valence-corrected chi connectivity index (χ4v) is 2.32. The minimum Gasteiger partial charge on any atom is -0.341 e. The Morgan fingerprint density at radius 2 is 2.19 bits per heavy atom. The van der Waals surface area contributed by atoms with E-state index in [9.17, 15) is 4.79 Å². The van der Waals surface area contributed by atoms with Gasteiger partial charge in [-0.15, -0.1) is 0 Å². The summed E-state index contributed by atoms with van der Waals surface area (Å²) in [5, 5.41) is 3.47. The molecule has 92 valence electrons. The number of carbonyl (C=O) groups excluding carboxylic acids is 1. The first-order valence-electron chi connectivity index (χ1n) is 6.75. The number of carbonyl (C=O) groups is 1. The van der Waals surface area contributed by atoms with Crippen LogP contribution in [0.25, 0.3) is 0 Å². The Morgan fingerprint density at radius 1 is 1.44 bits per heavy atom. The van der Waals surface area contributed by atoms with Crippen molar-refractivity contribution in [3.05, 3.63) is 0 Å². The molecule has 2 rings (SSSR count). The number of amides is 1. The Kier molecular flexibility index (Phi) is 3.85. The molecule has 16 heavy (non-hydrogen) atoms. The van der Waals surface area contributed by atoms with Gasteiger partial charge in [-0.05, 0) is 31.6 Å².